The molecule has 0 unspecified atom stereocenters. The Bertz CT molecular complexity index is 538. The van der Waals surface area contributed by atoms with Gasteiger partial charge in [-0.3, -0.25) is 0 Å². The zero-order valence-electron chi connectivity index (χ0n) is 12.9. The normalized spacial score (nSPS) is 10.2. The van der Waals surface area contributed by atoms with Crippen LogP contribution < -0.4 is 14.2 Å². The van der Waals surface area contributed by atoms with Crippen molar-refractivity contribution in [2.75, 3.05) is 35.0 Å². The maximum atomic E-state index is 11.2. The Morgan fingerprint density at radius 3 is 2.05 bits per heavy atom. The Labute approximate surface area is 128 Å². The third-order valence-electron chi connectivity index (χ3n) is 2.66. The topological polar surface area (TPSA) is 80.3 Å². The summed E-state index contributed by atoms with van der Waals surface area (Å²) in [6.07, 6.45) is 2.81. The van der Waals surface area contributed by atoms with Gasteiger partial charge in [-0.05, 0) is 23.8 Å². The van der Waals surface area contributed by atoms with Gasteiger partial charge in [0.05, 0.1) is 28.4 Å². The van der Waals surface area contributed by atoms with E-state index in [1.807, 2.05) is 0 Å². The predicted octanol–water partition coefficient (Wildman–Crippen LogP) is 1.44. The highest BCUT2D eigenvalue weighted by Crippen LogP contribution is 2.38. The average Bonchev–Trinajstić information content (AvgIpc) is 2.56. The van der Waals surface area contributed by atoms with Crippen LogP contribution >= 0.6 is 0 Å². The van der Waals surface area contributed by atoms with E-state index in [-0.39, 0.29) is 12.4 Å². The highest BCUT2D eigenvalue weighted by atomic mass is 16.6. The van der Waals surface area contributed by atoms with Crippen molar-refractivity contribution in [3.05, 3.63) is 23.8 Å². The van der Waals surface area contributed by atoms with Crippen LogP contribution in [0.3, 0.4) is 0 Å². The van der Waals surface area contributed by atoms with Crippen molar-refractivity contribution >= 4 is 18.0 Å². The molecule has 0 aliphatic carbocycles. The summed E-state index contributed by atoms with van der Waals surface area (Å²) in [4.78, 5) is 22.3. The van der Waals surface area contributed by atoms with Gasteiger partial charge in [0.25, 0.3) is 0 Å². The monoisotopic (exact) mass is 310 g/mol. The van der Waals surface area contributed by atoms with Crippen LogP contribution in [0.2, 0.25) is 0 Å². The molecule has 0 heterocycles. The maximum Gasteiger partial charge on any atom is 0.343 e. The van der Waals surface area contributed by atoms with Crippen LogP contribution in [-0.4, -0.2) is 47.0 Å². The number of ether oxygens (including phenoxy) is 5. The molecule has 1 aromatic rings. The lowest BCUT2D eigenvalue weighted by molar-refractivity contribution is -0.143. The molecule has 1 aromatic carbocycles. The lowest BCUT2D eigenvalue weighted by atomic mass is 10.1. The molecule has 0 aliphatic heterocycles. The van der Waals surface area contributed by atoms with Crippen molar-refractivity contribution in [1.29, 1.82) is 0 Å². The molecule has 1 rings (SSSR count). The van der Waals surface area contributed by atoms with Gasteiger partial charge in [-0.15, -0.1) is 0 Å². The third kappa shape index (κ3) is 4.69. The van der Waals surface area contributed by atoms with Crippen LogP contribution in [0.25, 0.3) is 6.08 Å². The minimum atomic E-state index is -0.529. The van der Waals surface area contributed by atoms with E-state index in [4.69, 9.17) is 14.2 Å². The van der Waals surface area contributed by atoms with Gasteiger partial charge in [0.2, 0.25) is 5.75 Å². The quantitative estimate of drug-likeness (QED) is 0.557. The van der Waals surface area contributed by atoms with E-state index in [1.54, 1.807) is 18.2 Å². The maximum absolute atomic E-state index is 11.2. The van der Waals surface area contributed by atoms with E-state index in [0.29, 0.717) is 17.1 Å². The van der Waals surface area contributed by atoms with Gasteiger partial charge in [0.1, 0.15) is 0 Å². The van der Waals surface area contributed by atoms with Crippen LogP contribution in [0.5, 0.6) is 17.2 Å². The van der Waals surface area contributed by atoms with Crippen molar-refractivity contribution in [2.24, 2.45) is 0 Å². The molecule has 0 amide bonds. The molecule has 7 heteroatoms. The first-order chi connectivity index (χ1) is 10.5. The Balaban J connectivity index is 3.09. The van der Waals surface area contributed by atoms with Gasteiger partial charge in [0.15, 0.2) is 18.1 Å². The number of hydrogen-bond donors (Lipinski definition) is 0. The first-order valence-electron chi connectivity index (χ1n) is 6.27. The van der Waals surface area contributed by atoms with Gasteiger partial charge in [-0.2, -0.15) is 0 Å². The minimum Gasteiger partial charge on any atom is -0.493 e. The molecule has 0 aromatic heterocycles. The average molecular weight is 310 g/mol. The lowest BCUT2D eigenvalue weighted by Gasteiger charge is -2.14. The summed E-state index contributed by atoms with van der Waals surface area (Å²) >= 11 is 0. The third-order valence-corrected chi connectivity index (χ3v) is 2.66. The molecule has 0 bridgehead atoms. The molecule has 0 saturated heterocycles. The number of benzene rings is 1. The van der Waals surface area contributed by atoms with Crippen molar-refractivity contribution < 1.29 is 33.3 Å². The molecule has 0 spiro atoms. The van der Waals surface area contributed by atoms with Gasteiger partial charge in [0, 0.05) is 6.08 Å². The number of carbonyl (C=O) groups is 2. The summed E-state index contributed by atoms with van der Waals surface area (Å²) in [6.45, 7) is -0.277. The van der Waals surface area contributed by atoms with Crippen molar-refractivity contribution in [1.82, 2.24) is 0 Å². The first kappa shape index (κ1) is 17.4. The summed E-state index contributed by atoms with van der Waals surface area (Å²) in [5.74, 6) is -0.0334. The van der Waals surface area contributed by atoms with E-state index in [9.17, 15) is 9.59 Å². The van der Waals surface area contributed by atoms with E-state index in [1.165, 1.54) is 34.5 Å². The molecule has 0 saturated carbocycles. The summed E-state index contributed by atoms with van der Waals surface area (Å²) in [7, 11) is 5.46. The van der Waals surface area contributed by atoms with Crippen LogP contribution in [0.1, 0.15) is 5.56 Å². The second-order valence-electron chi connectivity index (χ2n) is 3.98. The van der Waals surface area contributed by atoms with Crippen molar-refractivity contribution in [3.63, 3.8) is 0 Å². The van der Waals surface area contributed by atoms with Crippen LogP contribution in [0.15, 0.2) is 18.2 Å². The molecular formula is C15H18O7. The summed E-state index contributed by atoms with van der Waals surface area (Å²) in [5.41, 5.74) is 0.643. The molecule has 120 valence electrons. The molecule has 7 nitrogen and oxygen atoms in total. The number of hydrogen-bond acceptors (Lipinski definition) is 7. The van der Waals surface area contributed by atoms with E-state index >= 15 is 0 Å². The number of esters is 2. The molecule has 0 atom stereocenters. The molecule has 0 fully saturated rings. The fraction of sp³-hybridized carbons (Fsp3) is 0.333. The van der Waals surface area contributed by atoms with Gasteiger partial charge in [-0.1, -0.05) is 0 Å². The Hall–Kier alpha value is -2.70. The zero-order chi connectivity index (χ0) is 16.5. The zero-order valence-corrected chi connectivity index (χ0v) is 12.9. The Morgan fingerprint density at radius 1 is 1.00 bits per heavy atom. The van der Waals surface area contributed by atoms with Crippen LogP contribution in [0.4, 0.5) is 0 Å². The van der Waals surface area contributed by atoms with Gasteiger partial charge < -0.3 is 23.7 Å². The largest absolute Gasteiger partial charge is 0.493 e. The fourth-order valence-electron chi connectivity index (χ4n) is 1.56. The van der Waals surface area contributed by atoms with E-state index < -0.39 is 11.9 Å². The molecule has 0 radical (unpaired) electrons. The summed E-state index contributed by atoms with van der Waals surface area (Å²) < 4.78 is 24.8. The summed E-state index contributed by atoms with van der Waals surface area (Å²) in [6, 6.07) is 3.27. The van der Waals surface area contributed by atoms with Crippen molar-refractivity contribution in [2.45, 2.75) is 0 Å². The van der Waals surface area contributed by atoms with E-state index in [0.717, 1.165) is 0 Å². The smallest absolute Gasteiger partial charge is 0.343 e. The minimum absolute atomic E-state index is 0.269. The van der Waals surface area contributed by atoms with Gasteiger partial charge in [-0.25, -0.2) is 9.59 Å². The standard InChI is InChI=1S/C15H18O7/c1-18-11-7-10(5-6-13(16)20-3)8-12(19-2)15(11)22-9-14(17)21-4/h5-8H,9H2,1-4H3/b6-5+. The van der Waals surface area contributed by atoms with Gasteiger partial charge >= 0.3 is 11.9 Å². The molecule has 0 aliphatic rings. The summed E-state index contributed by atoms with van der Waals surface area (Å²) in [5, 5.41) is 0. The molecule has 22 heavy (non-hydrogen) atoms. The number of methoxy groups -OCH3 is 4. The van der Waals surface area contributed by atoms with Crippen molar-refractivity contribution in [3.8, 4) is 17.2 Å². The fourth-order valence-corrected chi connectivity index (χ4v) is 1.56. The second kappa shape index (κ2) is 8.56. The Morgan fingerprint density at radius 2 is 1.59 bits per heavy atom. The Kier molecular flexibility index (Phi) is 6.75. The number of carbonyl (C=O) groups excluding carboxylic acids is 2. The highest BCUT2D eigenvalue weighted by Gasteiger charge is 2.15. The first-order valence-corrected chi connectivity index (χ1v) is 6.27. The molecule has 0 N–H and O–H groups in total. The lowest BCUT2D eigenvalue weighted by Crippen LogP contribution is -2.13. The predicted molar refractivity (Wildman–Crippen MR) is 78.1 cm³/mol. The number of rotatable bonds is 7. The second-order valence-corrected chi connectivity index (χ2v) is 3.98. The van der Waals surface area contributed by atoms with E-state index in [2.05, 4.69) is 9.47 Å². The SMILES string of the molecule is COC(=O)/C=C/c1cc(OC)c(OCC(=O)OC)c(OC)c1. The highest BCUT2D eigenvalue weighted by molar-refractivity contribution is 5.87. The van der Waals surface area contributed by atoms with Crippen LogP contribution in [0, 0.1) is 0 Å². The molecular weight excluding hydrogens is 292 g/mol. The van der Waals surface area contributed by atoms with Crippen LogP contribution in [-0.2, 0) is 19.1 Å².